The highest BCUT2D eigenvalue weighted by Crippen LogP contribution is 2.26. The molecular weight excluding hydrogens is 259 g/mol. The zero-order valence-electron chi connectivity index (χ0n) is 11.5. The summed E-state index contributed by atoms with van der Waals surface area (Å²) in [7, 11) is 0. The minimum Gasteiger partial charge on any atom is -0.312 e. The first-order chi connectivity index (χ1) is 9.06. The van der Waals surface area contributed by atoms with Crippen LogP contribution in [-0.4, -0.2) is 11.5 Å². The van der Waals surface area contributed by atoms with E-state index in [4.69, 9.17) is 0 Å². The average molecular weight is 278 g/mol. The van der Waals surface area contributed by atoms with E-state index in [1.165, 1.54) is 10.9 Å². The SMILES string of the molecule is Cc1cc(-c2ncc(CNCC(C)C)s2)ccc1F. The Balaban J connectivity index is 2.05. The molecule has 0 saturated carbocycles. The number of halogens is 1. The first-order valence-electron chi connectivity index (χ1n) is 6.48. The fraction of sp³-hybridized carbons (Fsp3) is 0.400. The summed E-state index contributed by atoms with van der Waals surface area (Å²) < 4.78 is 13.2. The Bertz CT molecular complexity index is 549. The van der Waals surface area contributed by atoms with E-state index in [9.17, 15) is 4.39 Å². The van der Waals surface area contributed by atoms with Crippen molar-refractivity contribution < 1.29 is 4.39 Å². The summed E-state index contributed by atoms with van der Waals surface area (Å²) in [6.45, 7) is 8.00. The number of hydrogen-bond donors (Lipinski definition) is 1. The number of benzene rings is 1. The van der Waals surface area contributed by atoms with E-state index in [-0.39, 0.29) is 5.82 Å². The van der Waals surface area contributed by atoms with Crippen LogP contribution in [0.5, 0.6) is 0 Å². The summed E-state index contributed by atoms with van der Waals surface area (Å²) in [6, 6.07) is 5.13. The molecule has 0 saturated heterocycles. The molecule has 2 nitrogen and oxygen atoms in total. The van der Waals surface area contributed by atoms with Gasteiger partial charge in [0.1, 0.15) is 10.8 Å². The second-order valence-corrected chi connectivity index (χ2v) is 6.24. The first kappa shape index (κ1) is 14.2. The fourth-order valence-corrected chi connectivity index (χ4v) is 2.66. The maximum absolute atomic E-state index is 13.2. The van der Waals surface area contributed by atoms with Gasteiger partial charge in [-0.3, -0.25) is 0 Å². The lowest BCUT2D eigenvalue weighted by atomic mass is 10.1. The quantitative estimate of drug-likeness (QED) is 0.894. The number of nitrogens with zero attached hydrogens (tertiary/aromatic N) is 1. The van der Waals surface area contributed by atoms with Crippen molar-refractivity contribution in [3.63, 3.8) is 0 Å². The second kappa shape index (κ2) is 6.26. The van der Waals surface area contributed by atoms with E-state index in [0.717, 1.165) is 23.7 Å². The molecule has 0 fully saturated rings. The van der Waals surface area contributed by atoms with Crippen molar-refractivity contribution in [1.29, 1.82) is 0 Å². The number of aromatic nitrogens is 1. The highest BCUT2D eigenvalue weighted by Gasteiger charge is 2.07. The van der Waals surface area contributed by atoms with Crippen molar-refractivity contribution in [2.45, 2.75) is 27.3 Å². The zero-order valence-corrected chi connectivity index (χ0v) is 12.4. The molecule has 0 atom stereocenters. The van der Waals surface area contributed by atoms with Crippen LogP contribution in [0.1, 0.15) is 24.3 Å². The minimum atomic E-state index is -0.167. The largest absolute Gasteiger partial charge is 0.312 e. The summed E-state index contributed by atoms with van der Waals surface area (Å²) in [4.78, 5) is 5.62. The Labute approximate surface area is 117 Å². The van der Waals surface area contributed by atoms with Gasteiger partial charge in [-0.2, -0.15) is 0 Å². The van der Waals surface area contributed by atoms with Gasteiger partial charge in [-0.1, -0.05) is 13.8 Å². The van der Waals surface area contributed by atoms with Crippen LogP contribution in [0.4, 0.5) is 4.39 Å². The average Bonchev–Trinajstić information content (AvgIpc) is 2.81. The van der Waals surface area contributed by atoms with E-state index in [1.807, 2.05) is 12.3 Å². The molecular formula is C15H19FN2S. The molecule has 1 aromatic carbocycles. The van der Waals surface area contributed by atoms with Gasteiger partial charge in [0.2, 0.25) is 0 Å². The molecule has 1 heterocycles. The zero-order chi connectivity index (χ0) is 13.8. The van der Waals surface area contributed by atoms with Gasteiger partial charge in [-0.05, 0) is 43.1 Å². The molecule has 0 aliphatic carbocycles. The molecule has 0 unspecified atom stereocenters. The third kappa shape index (κ3) is 3.85. The van der Waals surface area contributed by atoms with Crippen LogP contribution in [0.3, 0.4) is 0 Å². The van der Waals surface area contributed by atoms with Gasteiger partial charge in [0.25, 0.3) is 0 Å². The summed E-state index contributed by atoms with van der Waals surface area (Å²) in [5.41, 5.74) is 1.64. The molecule has 2 rings (SSSR count). The normalized spacial score (nSPS) is 11.2. The topological polar surface area (TPSA) is 24.9 Å². The molecule has 1 N–H and O–H groups in total. The summed E-state index contributed by atoms with van der Waals surface area (Å²) in [5, 5.41) is 4.35. The van der Waals surface area contributed by atoms with Crippen LogP contribution in [0, 0.1) is 18.7 Å². The third-order valence-electron chi connectivity index (χ3n) is 2.81. The smallest absolute Gasteiger partial charge is 0.126 e. The van der Waals surface area contributed by atoms with Crippen LogP contribution >= 0.6 is 11.3 Å². The molecule has 102 valence electrons. The highest BCUT2D eigenvalue weighted by atomic mass is 32.1. The second-order valence-electron chi connectivity index (χ2n) is 5.12. The molecule has 0 bridgehead atoms. The fourth-order valence-electron chi connectivity index (χ4n) is 1.78. The Kier molecular flexibility index (Phi) is 4.66. The Morgan fingerprint density at radius 2 is 2.16 bits per heavy atom. The monoisotopic (exact) mass is 278 g/mol. The van der Waals surface area contributed by atoms with Gasteiger partial charge < -0.3 is 5.32 Å². The Hall–Kier alpha value is -1.26. The number of thiazole rings is 1. The van der Waals surface area contributed by atoms with Crippen molar-refractivity contribution in [1.82, 2.24) is 10.3 Å². The molecule has 0 aliphatic rings. The van der Waals surface area contributed by atoms with Crippen LogP contribution in [-0.2, 0) is 6.54 Å². The number of rotatable bonds is 5. The van der Waals surface area contributed by atoms with Crippen molar-refractivity contribution in [3.8, 4) is 10.6 Å². The summed E-state index contributed by atoms with van der Waals surface area (Å²) >= 11 is 1.66. The van der Waals surface area contributed by atoms with Crippen LogP contribution in [0.25, 0.3) is 10.6 Å². The lowest BCUT2D eigenvalue weighted by Gasteiger charge is -2.04. The Morgan fingerprint density at radius 1 is 1.37 bits per heavy atom. The van der Waals surface area contributed by atoms with Crippen LogP contribution in [0.2, 0.25) is 0 Å². The Morgan fingerprint density at radius 3 is 2.84 bits per heavy atom. The maximum atomic E-state index is 13.2. The molecule has 19 heavy (non-hydrogen) atoms. The molecule has 4 heteroatoms. The highest BCUT2D eigenvalue weighted by molar-refractivity contribution is 7.15. The van der Waals surface area contributed by atoms with Gasteiger partial charge in [0.15, 0.2) is 0 Å². The number of nitrogens with one attached hydrogen (secondary N) is 1. The molecule has 1 aromatic heterocycles. The molecule has 0 radical (unpaired) electrons. The van der Waals surface area contributed by atoms with E-state index in [1.54, 1.807) is 24.3 Å². The summed E-state index contributed by atoms with van der Waals surface area (Å²) in [5.74, 6) is 0.478. The van der Waals surface area contributed by atoms with E-state index >= 15 is 0 Å². The standard InChI is InChI=1S/C15H19FN2S/c1-10(2)7-17-8-13-9-18-15(19-13)12-4-5-14(16)11(3)6-12/h4-6,9-10,17H,7-8H2,1-3H3. The minimum absolute atomic E-state index is 0.167. The summed E-state index contributed by atoms with van der Waals surface area (Å²) in [6.07, 6.45) is 1.89. The maximum Gasteiger partial charge on any atom is 0.126 e. The van der Waals surface area contributed by atoms with Gasteiger partial charge >= 0.3 is 0 Å². The predicted molar refractivity (Wildman–Crippen MR) is 78.8 cm³/mol. The van der Waals surface area contributed by atoms with E-state index < -0.39 is 0 Å². The predicted octanol–water partition coefficient (Wildman–Crippen LogP) is 4.00. The number of hydrogen-bond acceptors (Lipinski definition) is 3. The van der Waals surface area contributed by atoms with E-state index in [2.05, 4.69) is 24.1 Å². The molecule has 0 aliphatic heterocycles. The van der Waals surface area contributed by atoms with Crippen molar-refractivity contribution in [2.75, 3.05) is 6.54 Å². The van der Waals surface area contributed by atoms with Crippen molar-refractivity contribution >= 4 is 11.3 Å². The van der Waals surface area contributed by atoms with Crippen molar-refractivity contribution in [3.05, 3.63) is 40.7 Å². The lowest BCUT2D eigenvalue weighted by Crippen LogP contribution is -2.18. The lowest BCUT2D eigenvalue weighted by molar-refractivity contribution is 0.554. The van der Waals surface area contributed by atoms with Gasteiger partial charge in [-0.25, -0.2) is 9.37 Å². The van der Waals surface area contributed by atoms with Crippen LogP contribution < -0.4 is 5.32 Å². The molecule has 0 amide bonds. The van der Waals surface area contributed by atoms with Crippen molar-refractivity contribution in [2.24, 2.45) is 5.92 Å². The van der Waals surface area contributed by atoms with Crippen LogP contribution in [0.15, 0.2) is 24.4 Å². The third-order valence-corrected chi connectivity index (χ3v) is 3.86. The number of aryl methyl sites for hydroxylation is 1. The molecule has 2 aromatic rings. The first-order valence-corrected chi connectivity index (χ1v) is 7.30. The molecule has 0 spiro atoms. The van der Waals surface area contributed by atoms with Gasteiger partial charge in [0, 0.05) is 23.2 Å². The van der Waals surface area contributed by atoms with Gasteiger partial charge in [0.05, 0.1) is 0 Å². The van der Waals surface area contributed by atoms with Gasteiger partial charge in [-0.15, -0.1) is 11.3 Å². The van der Waals surface area contributed by atoms with E-state index in [0.29, 0.717) is 11.5 Å².